The van der Waals surface area contributed by atoms with Crippen LogP contribution < -0.4 is 0 Å². The summed E-state index contributed by atoms with van der Waals surface area (Å²) in [5, 5.41) is 0. The molecule has 114 valence electrons. The maximum atomic E-state index is 12.3. The van der Waals surface area contributed by atoms with Crippen LogP contribution in [-0.4, -0.2) is 52.8 Å². The van der Waals surface area contributed by atoms with Crippen molar-refractivity contribution in [2.24, 2.45) is 5.92 Å². The average molecular weight is 289 g/mol. The van der Waals surface area contributed by atoms with Gasteiger partial charge < -0.3 is 9.80 Å². The molecule has 5 nitrogen and oxygen atoms in total. The Morgan fingerprint density at radius 3 is 2.29 bits per heavy atom. The first-order chi connectivity index (χ1) is 10.2. The number of pyridine rings is 1. The molecule has 0 aliphatic carbocycles. The van der Waals surface area contributed by atoms with Gasteiger partial charge in [-0.25, -0.2) is 0 Å². The van der Waals surface area contributed by atoms with Gasteiger partial charge >= 0.3 is 0 Å². The van der Waals surface area contributed by atoms with Crippen molar-refractivity contribution in [3.63, 3.8) is 0 Å². The quantitative estimate of drug-likeness (QED) is 0.849. The molecule has 0 N–H and O–H groups in total. The normalized spacial score (nSPS) is 15.4. The van der Waals surface area contributed by atoms with Crippen LogP contribution in [0.3, 0.4) is 0 Å². The number of piperazine rings is 1. The van der Waals surface area contributed by atoms with Crippen LogP contribution in [0, 0.1) is 5.92 Å². The molecule has 1 aromatic heterocycles. The van der Waals surface area contributed by atoms with E-state index in [2.05, 4.69) is 4.98 Å². The first kappa shape index (κ1) is 15.5. The van der Waals surface area contributed by atoms with E-state index < -0.39 is 0 Å². The van der Waals surface area contributed by atoms with Gasteiger partial charge in [-0.2, -0.15) is 0 Å². The van der Waals surface area contributed by atoms with Gasteiger partial charge in [-0.05, 0) is 25.0 Å². The minimum Gasteiger partial charge on any atom is -0.339 e. The second-order valence-corrected chi connectivity index (χ2v) is 5.37. The van der Waals surface area contributed by atoms with Crippen molar-refractivity contribution in [2.45, 2.75) is 26.7 Å². The SMILES string of the molecule is CCC(CC)C(=O)N1CCN(C(=O)c2cccnc2)CC1. The minimum atomic E-state index is -0.00210. The summed E-state index contributed by atoms with van der Waals surface area (Å²) in [6.07, 6.45) is 5.00. The molecule has 1 aliphatic rings. The van der Waals surface area contributed by atoms with E-state index in [1.807, 2.05) is 18.7 Å². The van der Waals surface area contributed by atoms with Gasteiger partial charge in [0.15, 0.2) is 0 Å². The van der Waals surface area contributed by atoms with Gasteiger partial charge in [0.2, 0.25) is 5.91 Å². The van der Waals surface area contributed by atoms with Gasteiger partial charge in [0.05, 0.1) is 5.56 Å². The number of carbonyl (C=O) groups is 2. The van der Waals surface area contributed by atoms with E-state index in [-0.39, 0.29) is 17.7 Å². The molecule has 0 saturated carbocycles. The van der Waals surface area contributed by atoms with Crippen LogP contribution in [0.4, 0.5) is 0 Å². The van der Waals surface area contributed by atoms with Gasteiger partial charge in [0.25, 0.3) is 5.91 Å². The summed E-state index contributed by atoms with van der Waals surface area (Å²) >= 11 is 0. The molecule has 1 fully saturated rings. The van der Waals surface area contributed by atoms with Crippen LogP contribution in [-0.2, 0) is 4.79 Å². The second kappa shape index (κ2) is 7.20. The fourth-order valence-electron chi connectivity index (χ4n) is 2.70. The van der Waals surface area contributed by atoms with Gasteiger partial charge in [0, 0.05) is 44.5 Å². The number of hydrogen-bond donors (Lipinski definition) is 0. The number of aromatic nitrogens is 1. The number of rotatable bonds is 4. The van der Waals surface area contributed by atoms with E-state index in [1.165, 1.54) is 0 Å². The third-order valence-corrected chi connectivity index (χ3v) is 4.12. The van der Waals surface area contributed by atoms with Crippen molar-refractivity contribution in [3.8, 4) is 0 Å². The molecule has 0 radical (unpaired) electrons. The third-order valence-electron chi connectivity index (χ3n) is 4.12. The predicted octanol–water partition coefficient (Wildman–Crippen LogP) is 1.80. The van der Waals surface area contributed by atoms with E-state index in [4.69, 9.17) is 0 Å². The lowest BCUT2D eigenvalue weighted by Crippen LogP contribution is -2.51. The maximum Gasteiger partial charge on any atom is 0.255 e. The molecule has 0 spiro atoms. The standard InChI is InChI=1S/C16H23N3O2/c1-3-13(4-2)15(20)18-8-10-19(11-9-18)16(21)14-6-5-7-17-12-14/h5-7,12-13H,3-4,8-11H2,1-2H3. The van der Waals surface area contributed by atoms with Crippen molar-refractivity contribution in [3.05, 3.63) is 30.1 Å². The van der Waals surface area contributed by atoms with Crippen molar-refractivity contribution in [1.82, 2.24) is 14.8 Å². The van der Waals surface area contributed by atoms with E-state index in [0.29, 0.717) is 31.7 Å². The topological polar surface area (TPSA) is 53.5 Å². The van der Waals surface area contributed by atoms with Crippen LogP contribution in [0.1, 0.15) is 37.0 Å². The first-order valence-corrected chi connectivity index (χ1v) is 7.65. The summed E-state index contributed by atoms with van der Waals surface area (Å²) in [5.74, 6) is 0.344. The van der Waals surface area contributed by atoms with Crippen LogP contribution in [0.2, 0.25) is 0 Å². The molecule has 1 saturated heterocycles. The van der Waals surface area contributed by atoms with Crippen molar-refractivity contribution < 1.29 is 9.59 Å². The lowest BCUT2D eigenvalue weighted by atomic mass is 10.0. The highest BCUT2D eigenvalue weighted by Crippen LogP contribution is 2.15. The summed E-state index contributed by atoms with van der Waals surface area (Å²) < 4.78 is 0. The zero-order chi connectivity index (χ0) is 15.2. The van der Waals surface area contributed by atoms with E-state index in [0.717, 1.165) is 12.8 Å². The highest BCUT2D eigenvalue weighted by atomic mass is 16.2. The molecule has 0 aromatic carbocycles. The first-order valence-electron chi connectivity index (χ1n) is 7.65. The Morgan fingerprint density at radius 1 is 1.14 bits per heavy atom. The van der Waals surface area contributed by atoms with Crippen molar-refractivity contribution in [2.75, 3.05) is 26.2 Å². The Morgan fingerprint density at radius 2 is 1.76 bits per heavy atom. The Balaban J connectivity index is 1.91. The highest BCUT2D eigenvalue weighted by Gasteiger charge is 2.27. The van der Waals surface area contributed by atoms with Crippen LogP contribution in [0.5, 0.6) is 0 Å². The molecule has 5 heteroatoms. The Labute approximate surface area is 126 Å². The van der Waals surface area contributed by atoms with Gasteiger partial charge in [-0.3, -0.25) is 14.6 Å². The monoisotopic (exact) mass is 289 g/mol. The Bertz CT molecular complexity index is 478. The Hall–Kier alpha value is -1.91. The van der Waals surface area contributed by atoms with Gasteiger partial charge in [0.1, 0.15) is 0 Å². The number of amides is 2. The molecule has 0 bridgehead atoms. The molecular weight excluding hydrogens is 266 g/mol. The summed E-state index contributed by atoms with van der Waals surface area (Å²) in [7, 11) is 0. The lowest BCUT2D eigenvalue weighted by molar-refractivity contribution is -0.137. The summed E-state index contributed by atoms with van der Waals surface area (Å²) in [6.45, 7) is 6.55. The number of carbonyl (C=O) groups excluding carboxylic acids is 2. The minimum absolute atomic E-state index is 0.00210. The van der Waals surface area contributed by atoms with Crippen molar-refractivity contribution in [1.29, 1.82) is 0 Å². The fourth-order valence-corrected chi connectivity index (χ4v) is 2.70. The molecule has 1 aromatic rings. The molecule has 1 aliphatic heterocycles. The third kappa shape index (κ3) is 3.60. The predicted molar refractivity (Wildman–Crippen MR) is 80.8 cm³/mol. The van der Waals surface area contributed by atoms with E-state index >= 15 is 0 Å². The molecular formula is C16H23N3O2. The molecule has 0 atom stereocenters. The zero-order valence-corrected chi connectivity index (χ0v) is 12.8. The molecule has 2 heterocycles. The van der Waals surface area contributed by atoms with Crippen LogP contribution >= 0.6 is 0 Å². The van der Waals surface area contributed by atoms with E-state index in [9.17, 15) is 9.59 Å². The van der Waals surface area contributed by atoms with Gasteiger partial charge in [-0.1, -0.05) is 13.8 Å². The zero-order valence-electron chi connectivity index (χ0n) is 12.8. The van der Waals surface area contributed by atoms with E-state index in [1.54, 1.807) is 29.4 Å². The van der Waals surface area contributed by atoms with Crippen LogP contribution in [0.15, 0.2) is 24.5 Å². The highest BCUT2D eigenvalue weighted by molar-refractivity contribution is 5.94. The summed E-state index contributed by atoms with van der Waals surface area (Å²) in [6, 6.07) is 3.54. The molecule has 2 amide bonds. The average Bonchev–Trinajstić information content (AvgIpc) is 2.56. The smallest absolute Gasteiger partial charge is 0.255 e. The largest absolute Gasteiger partial charge is 0.339 e. The number of hydrogen-bond acceptors (Lipinski definition) is 3. The van der Waals surface area contributed by atoms with Crippen LogP contribution in [0.25, 0.3) is 0 Å². The molecule has 21 heavy (non-hydrogen) atoms. The Kier molecular flexibility index (Phi) is 5.31. The van der Waals surface area contributed by atoms with Gasteiger partial charge in [-0.15, -0.1) is 0 Å². The summed E-state index contributed by atoms with van der Waals surface area (Å²) in [5.41, 5.74) is 0.609. The molecule has 2 rings (SSSR count). The lowest BCUT2D eigenvalue weighted by Gasteiger charge is -2.36. The second-order valence-electron chi connectivity index (χ2n) is 5.37. The number of nitrogens with zero attached hydrogens (tertiary/aromatic N) is 3. The van der Waals surface area contributed by atoms with Crippen molar-refractivity contribution >= 4 is 11.8 Å². The maximum absolute atomic E-state index is 12.3. The molecule has 0 unspecified atom stereocenters. The fraction of sp³-hybridized carbons (Fsp3) is 0.562. The summed E-state index contributed by atoms with van der Waals surface area (Å²) in [4.78, 5) is 32.3.